The van der Waals surface area contributed by atoms with E-state index in [1.54, 1.807) is 6.20 Å². The lowest BCUT2D eigenvalue weighted by Crippen LogP contribution is -1.96. The van der Waals surface area contributed by atoms with Gasteiger partial charge in [-0.25, -0.2) is 4.79 Å². The van der Waals surface area contributed by atoms with E-state index in [2.05, 4.69) is 28.8 Å². The van der Waals surface area contributed by atoms with Gasteiger partial charge in [-0.3, -0.25) is 4.98 Å². The molecule has 1 heterocycles. The van der Waals surface area contributed by atoms with Gasteiger partial charge >= 0.3 is 5.97 Å². The Morgan fingerprint density at radius 3 is 2.70 bits per heavy atom. The molecule has 0 aliphatic heterocycles. The molecule has 0 radical (unpaired) electrons. The van der Waals surface area contributed by atoms with Crippen LogP contribution in [0.3, 0.4) is 0 Å². The van der Waals surface area contributed by atoms with Gasteiger partial charge in [-0.2, -0.15) is 0 Å². The van der Waals surface area contributed by atoms with Crippen LogP contribution in [0.15, 0.2) is 48.8 Å². The number of aryl methyl sites for hydroxylation is 1. The van der Waals surface area contributed by atoms with Crippen LogP contribution in [-0.2, 0) is 9.53 Å². The van der Waals surface area contributed by atoms with Crippen molar-refractivity contribution < 1.29 is 9.53 Å². The van der Waals surface area contributed by atoms with E-state index in [0.717, 1.165) is 22.3 Å². The Morgan fingerprint density at radius 1 is 1.20 bits per heavy atom. The van der Waals surface area contributed by atoms with Gasteiger partial charge in [-0.15, -0.1) is 0 Å². The van der Waals surface area contributed by atoms with E-state index in [1.165, 1.54) is 18.7 Å². The van der Waals surface area contributed by atoms with Crippen LogP contribution in [0.1, 0.15) is 18.1 Å². The summed E-state index contributed by atoms with van der Waals surface area (Å²) in [5.41, 5.74) is 5.09. The van der Waals surface area contributed by atoms with E-state index >= 15 is 0 Å². The molecule has 0 fully saturated rings. The lowest BCUT2D eigenvalue weighted by Gasteiger charge is -2.06. The topological polar surface area (TPSA) is 39.2 Å². The second kappa shape index (κ2) is 6.15. The molecule has 3 heteroatoms. The largest absolute Gasteiger partial charge is 0.466 e. The molecule has 0 amide bonds. The molecule has 0 aliphatic rings. The van der Waals surface area contributed by atoms with Gasteiger partial charge in [-0.1, -0.05) is 29.8 Å². The minimum atomic E-state index is -0.358. The van der Waals surface area contributed by atoms with Crippen molar-refractivity contribution in [2.75, 3.05) is 7.11 Å². The van der Waals surface area contributed by atoms with Crippen LogP contribution < -0.4 is 0 Å². The van der Waals surface area contributed by atoms with Crippen molar-refractivity contribution in [1.29, 1.82) is 0 Å². The molecule has 3 nitrogen and oxygen atoms in total. The Labute approximate surface area is 118 Å². The van der Waals surface area contributed by atoms with Gasteiger partial charge in [0, 0.05) is 24.0 Å². The highest BCUT2D eigenvalue weighted by molar-refractivity contribution is 5.91. The minimum Gasteiger partial charge on any atom is -0.466 e. The zero-order valence-electron chi connectivity index (χ0n) is 11.9. The second-order valence-corrected chi connectivity index (χ2v) is 4.68. The molecule has 2 aromatic rings. The smallest absolute Gasteiger partial charge is 0.330 e. The van der Waals surface area contributed by atoms with Crippen molar-refractivity contribution in [3.05, 3.63) is 59.9 Å². The minimum absolute atomic E-state index is 0.358. The molecule has 0 saturated carbocycles. The van der Waals surface area contributed by atoms with Crippen molar-refractivity contribution in [3.63, 3.8) is 0 Å². The van der Waals surface area contributed by atoms with E-state index in [0.29, 0.717) is 0 Å². The fourth-order valence-electron chi connectivity index (χ4n) is 1.96. The molecular formula is C17H17NO2. The predicted octanol–water partition coefficient (Wildman–Crippen LogP) is 3.63. The number of hydrogen-bond donors (Lipinski definition) is 0. The fraction of sp³-hybridized carbons (Fsp3) is 0.176. The van der Waals surface area contributed by atoms with Gasteiger partial charge < -0.3 is 4.74 Å². The first-order valence-electron chi connectivity index (χ1n) is 6.39. The number of aromatic nitrogens is 1. The first-order valence-corrected chi connectivity index (χ1v) is 6.39. The normalized spacial score (nSPS) is 11.2. The van der Waals surface area contributed by atoms with E-state index in [1.807, 2.05) is 31.3 Å². The predicted molar refractivity (Wildman–Crippen MR) is 80.1 cm³/mol. The number of rotatable bonds is 3. The van der Waals surface area contributed by atoms with E-state index in [9.17, 15) is 4.79 Å². The number of esters is 1. The highest BCUT2D eigenvalue weighted by Crippen LogP contribution is 2.23. The van der Waals surface area contributed by atoms with Gasteiger partial charge in [0.2, 0.25) is 0 Å². The number of benzene rings is 1. The summed E-state index contributed by atoms with van der Waals surface area (Å²) in [6.45, 7) is 3.93. The first-order chi connectivity index (χ1) is 9.60. The standard InChI is InChI=1S/C17H17NO2/c1-12-5-4-6-14(7-12)16-9-15(10-18-11-16)13(2)8-17(19)20-3/h4-11H,1-3H3/b13-8+. The number of nitrogens with zero attached hydrogens (tertiary/aromatic N) is 1. The maximum absolute atomic E-state index is 11.3. The SMILES string of the molecule is COC(=O)/C=C(\C)c1cncc(-c2cccc(C)c2)c1. The van der Waals surface area contributed by atoms with Crippen LogP contribution in [0.4, 0.5) is 0 Å². The van der Waals surface area contributed by atoms with E-state index in [4.69, 9.17) is 0 Å². The second-order valence-electron chi connectivity index (χ2n) is 4.68. The quantitative estimate of drug-likeness (QED) is 0.629. The summed E-state index contributed by atoms with van der Waals surface area (Å²) >= 11 is 0. The maximum atomic E-state index is 11.3. The van der Waals surface area contributed by atoms with Crippen molar-refractivity contribution in [3.8, 4) is 11.1 Å². The molecule has 0 saturated heterocycles. The molecule has 102 valence electrons. The van der Waals surface area contributed by atoms with Crippen LogP contribution in [0.25, 0.3) is 16.7 Å². The zero-order chi connectivity index (χ0) is 14.5. The molecule has 0 aliphatic carbocycles. The first kappa shape index (κ1) is 14.0. The Hall–Kier alpha value is -2.42. The van der Waals surface area contributed by atoms with Crippen LogP contribution in [0, 0.1) is 6.92 Å². The van der Waals surface area contributed by atoms with Gasteiger partial charge in [0.15, 0.2) is 0 Å². The Balaban J connectivity index is 2.38. The van der Waals surface area contributed by atoms with Crippen LogP contribution >= 0.6 is 0 Å². The highest BCUT2D eigenvalue weighted by atomic mass is 16.5. The van der Waals surface area contributed by atoms with Crippen molar-refractivity contribution in [2.45, 2.75) is 13.8 Å². The van der Waals surface area contributed by atoms with Crippen LogP contribution in [0.5, 0.6) is 0 Å². The Morgan fingerprint density at radius 2 is 2.00 bits per heavy atom. The molecule has 1 aromatic carbocycles. The number of hydrogen-bond acceptors (Lipinski definition) is 3. The number of pyridine rings is 1. The molecule has 0 atom stereocenters. The lowest BCUT2D eigenvalue weighted by atomic mass is 10.0. The number of carbonyl (C=O) groups excluding carboxylic acids is 1. The lowest BCUT2D eigenvalue weighted by molar-refractivity contribution is -0.134. The van der Waals surface area contributed by atoms with Crippen molar-refractivity contribution >= 4 is 11.5 Å². The summed E-state index contributed by atoms with van der Waals surface area (Å²) in [7, 11) is 1.37. The summed E-state index contributed by atoms with van der Waals surface area (Å²) in [5.74, 6) is -0.358. The summed E-state index contributed by atoms with van der Waals surface area (Å²) in [4.78, 5) is 15.5. The number of allylic oxidation sites excluding steroid dienone is 1. The summed E-state index contributed by atoms with van der Waals surface area (Å²) in [5, 5.41) is 0. The highest BCUT2D eigenvalue weighted by Gasteiger charge is 2.04. The third-order valence-corrected chi connectivity index (χ3v) is 3.08. The van der Waals surface area contributed by atoms with Crippen LogP contribution in [0.2, 0.25) is 0 Å². The third kappa shape index (κ3) is 3.32. The number of carbonyl (C=O) groups is 1. The van der Waals surface area contributed by atoms with Gasteiger partial charge in [0.25, 0.3) is 0 Å². The number of ether oxygens (including phenoxy) is 1. The zero-order valence-corrected chi connectivity index (χ0v) is 11.9. The van der Waals surface area contributed by atoms with Crippen LogP contribution in [-0.4, -0.2) is 18.1 Å². The summed E-state index contributed by atoms with van der Waals surface area (Å²) in [6.07, 6.45) is 5.04. The summed E-state index contributed by atoms with van der Waals surface area (Å²) in [6, 6.07) is 10.3. The third-order valence-electron chi connectivity index (χ3n) is 3.08. The maximum Gasteiger partial charge on any atom is 0.330 e. The van der Waals surface area contributed by atoms with E-state index in [-0.39, 0.29) is 5.97 Å². The fourth-order valence-corrected chi connectivity index (χ4v) is 1.96. The monoisotopic (exact) mass is 267 g/mol. The Kier molecular flexibility index (Phi) is 4.31. The average Bonchev–Trinajstić information content (AvgIpc) is 2.47. The van der Waals surface area contributed by atoms with Gasteiger partial charge in [-0.05, 0) is 36.6 Å². The summed E-state index contributed by atoms with van der Waals surface area (Å²) < 4.78 is 4.64. The molecule has 1 aromatic heterocycles. The number of methoxy groups -OCH3 is 1. The molecule has 0 unspecified atom stereocenters. The van der Waals surface area contributed by atoms with Crippen molar-refractivity contribution in [1.82, 2.24) is 4.98 Å². The molecule has 0 N–H and O–H groups in total. The average molecular weight is 267 g/mol. The van der Waals surface area contributed by atoms with Gasteiger partial charge in [0.1, 0.15) is 0 Å². The molecule has 0 spiro atoms. The van der Waals surface area contributed by atoms with Gasteiger partial charge in [0.05, 0.1) is 7.11 Å². The van der Waals surface area contributed by atoms with E-state index < -0.39 is 0 Å². The molecule has 0 bridgehead atoms. The molecule has 2 rings (SSSR count). The van der Waals surface area contributed by atoms with Crippen molar-refractivity contribution in [2.24, 2.45) is 0 Å². The molecular weight excluding hydrogens is 250 g/mol. The molecule has 20 heavy (non-hydrogen) atoms. The Bertz CT molecular complexity index is 660.